The number of aromatic nitrogens is 1. The maximum absolute atomic E-state index is 13.4. The third-order valence-electron chi connectivity index (χ3n) is 5.35. The number of hydrogen-bond donors (Lipinski definition) is 1. The second-order valence-corrected chi connectivity index (χ2v) is 9.88. The summed E-state index contributed by atoms with van der Waals surface area (Å²) in [5.41, 5.74) is 2.04. The number of urea groups is 1. The molecule has 0 atom stereocenters. The molecule has 2 aromatic carbocycles. The molecule has 1 aromatic heterocycles. The van der Waals surface area contributed by atoms with Crippen LogP contribution in [0.5, 0.6) is 0 Å². The van der Waals surface area contributed by atoms with Gasteiger partial charge in [-0.3, -0.25) is 4.79 Å². The van der Waals surface area contributed by atoms with E-state index in [1.807, 2.05) is 54.2 Å². The molecule has 0 bridgehead atoms. The van der Waals surface area contributed by atoms with Crippen LogP contribution in [-0.2, 0) is 17.8 Å². The Labute approximate surface area is 221 Å². The van der Waals surface area contributed by atoms with Crippen molar-refractivity contribution in [2.24, 2.45) is 0 Å². The van der Waals surface area contributed by atoms with Crippen molar-refractivity contribution in [2.75, 3.05) is 52.8 Å². The summed E-state index contributed by atoms with van der Waals surface area (Å²) in [4.78, 5) is 36.4. The predicted molar refractivity (Wildman–Crippen MR) is 145 cm³/mol. The Kier molecular flexibility index (Phi) is 10.7. The average molecular weight is 530 g/mol. The molecule has 0 saturated carbocycles. The van der Waals surface area contributed by atoms with Crippen molar-refractivity contribution < 1.29 is 14.3 Å². The molecule has 8 nitrogen and oxygen atoms in total. The standard InChI is InChI=1S/C26H32ClN5O3S/c1-30(2)12-13-31(17-20-8-5-4-6-9-20)25(33)23-19-36-24(29-23)18-32(14-15-35-3)26(34)28-22-11-7-10-21(27)16-22/h4-11,16,19H,12-15,17-18H2,1-3H3,(H,28,34). The fourth-order valence-corrected chi connectivity index (χ4v) is 4.38. The van der Waals surface area contributed by atoms with Crippen molar-refractivity contribution in [1.29, 1.82) is 0 Å². The Hall–Kier alpha value is -2.98. The van der Waals surface area contributed by atoms with E-state index in [1.165, 1.54) is 11.3 Å². The minimum atomic E-state index is -0.297. The van der Waals surface area contributed by atoms with E-state index >= 15 is 0 Å². The van der Waals surface area contributed by atoms with Gasteiger partial charge in [-0.2, -0.15) is 0 Å². The predicted octanol–water partition coefficient (Wildman–Crippen LogP) is 4.68. The number of ether oxygens (including phenoxy) is 1. The van der Waals surface area contributed by atoms with Gasteiger partial charge in [-0.15, -0.1) is 11.3 Å². The smallest absolute Gasteiger partial charge is 0.322 e. The van der Waals surface area contributed by atoms with Crippen molar-refractivity contribution >= 4 is 40.6 Å². The number of rotatable bonds is 12. The molecule has 0 radical (unpaired) electrons. The Balaban J connectivity index is 1.71. The van der Waals surface area contributed by atoms with Crippen LogP contribution in [0.15, 0.2) is 60.0 Å². The van der Waals surface area contributed by atoms with Gasteiger partial charge in [-0.05, 0) is 37.9 Å². The lowest BCUT2D eigenvalue weighted by atomic mass is 10.2. The maximum atomic E-state index is 13.4. The van der Waals surface area contributed by atoms with Gasteiger partial charge in [0.1, 0.15) is 10.7 Å². The molecular weight excluding hydrogens is 498 g/mol. The van der Waals surface area contributed by atoms with Crippen LogP contribution in [0.3, 0.4) is 0 Å². The van der Waals surface area contributed by atoms with Gasteiger partial charge in [0.2, 0.25) is 0 Å². The van der Waals surface area contributed by atoms with Crippen molar-refractivity contribution in [2.45, 2.75) is 13.1 Å². The number of methoxy groups -OCH3 is 1. The summed E-state index contributed by atoms with van der Waals surface area (Å²) >= 11 is 7.40. The van der Waals surface area contributed by atoms with E-state index in [2.05, 4.69) is 10.3 Å². The zero-order valence-electron chi connectivity index (χ0n) is 20.8. The molecule has 36 heavy (non-hydrogen) atoms. The third-order valence-corrected chi connectivity index (χ3v) is 6.41. The van der Waals surface area contributed by atoms with Crippen molar-refractivity contribution in [3.8, 4) is 0 Å². The van der Waals surface area contributed by atoms with Crippen LogP contribution in [-0.4, -0.2) is 79.1 Å². The summed E-state index contributed by atoms with van der Waals surface area (Å²) in [6.45, 7) is 2.82. The average Bonchev–Trinajstić information content (AvgIpc) is 3.33. The molecule has 3 aromatic rings. The van der Waals surface area contributed by atoms with E-state index in [4.69, 9.17) is 16.3 Å². The summed E-state index contributed by atoms with van der Waals surface area (Å²) in [7, 11) is 5.55. The lowest BCUT2D eigenvalue weighted by molar-refractivity contribution is 0.0726. The van der Waals surface area contributed by atoms with Gasteiger partial charge in [0, 0.05) is 49.4 Å². The van der Waals surface area contributed by atoms with E-state index in [1.54, 1.807) is 41.7 Å². The minimum Gasteiger partial charge on any atom is -0.383 e. The second kappa shape index (κ2) is 13.9. The summed E-state index contributed by atoms with van der Waals surface area (Å²) in [5, 5.41) is 5.82. The molecule has 3 amide bonds. The second-order valence-electron chi connectivity index (χ2n) is 8.50. The van der Waals surface area contributed by atoms with Gasteiger partial charge >= 0.3 is 6.03 Å². The largest absolute Gasteiger partial charge is 0.383 e. The maximum Gasteiger partial charge on any atom is 0.322 e. The van der Waals surface area contributed by atoms with E-state index in [9.17, 15) is 9.59 Å². The van der Waals surface area contributed by atoms with Gasteiger partial charge in [-0.25, -0.2) is 9.78 Å². The van der Waals surface area contributed by atoms with E-state index in [0.29, 0.717) is 47.7 Å². The lowest BCUT2D eigenvalue weighted by Crippen LogP contribution is -2.37. The third kappa shape index (κ3) is 8.60. The first-order valence-electron chi connectivity index (χ1n) is 11.6. The first-order chi connectivity index (χ1) is 17.4. The van der Waals surface area contributed by atoms with Crippen LogP contribution in [0.4, 0.5) is 10.5 Å². The van der Waals surface area contributed by atoms with Gasteiger partial charge in [-0.1, -0.05) is 48.0 Å². The minimum absolute atomic E-state index is 0.130. The van der Waals surface area contributed by atoms with E-state index in [-0.39, 0.29) is 18.5 Å². The van der Waals surface area contributed by atoms with Crippen LogP contribution in [0.25, 0.3) is 0 Å². The number of benzene rings is 2. The highest BCUT2D eigenvalue weighted by molar-refractivity contribution is 7.09. The fourth-order valence-electron chi connectivity index (χ4n) is 3.41. The number of anilines is 1. The molecule has 0 saturated heterocycles. The van der Waals surface area contributed by atoms with Gasteiger partial charge < -0.3 is 24.8 Å². The number of nitrogens with one attached hydrogen (secondary N) is 1. The molecule has 1 N–H and O–H groups in total. The number of carbonyl (C=O) groups excluding carboxylic acids is 2. The number of carbonyl (C=O) groups is 2. The summed E-state index contributed by atoms with van der Waals surface area (Å²) in [6, 6.07) is 16.6. The van der Waals surface area contributed by atoms with Crippen LogP contribution in [0.1, 0.15) is 21.1 Å². The Morgan fingerprint density at radius 1 is 1.00 bits per heavy atom. The van der Waals surface area contributed by atoms with Gasteiger partial charge in [0.15, 0.2) is 0 Å². The molecule has 0 aliphatic carbocycles. The molecule has 0 fully saturated rings. The number of amides is 3. The number of halogens is 1. The van der Waals surface area contributed by atoms with E-state index < -0.39 is 0 Å². The molecular formula is C26H32ClN5O3S. The molecule has 1 heterocycles. The van der Waals surface area contributed by atoms with Crippen LogP contribution < -0.4 is 5.32 Å². The van der Waals surface area contributed by atoms with Crippen LogP contribution in [0.2, 0.25) is 5.02 Å². The summed E-state index contributed by atoms with van der Waals surface area (Å²) < 4.78 is 5.18. The molecule has 0 aliphatic rings. The Bertz CT molecular complexity index is 1130. The number of nitrogens with zero attached hydrogens (tertiary/aromatic N) is 4. The first-order valence-corrected chi connectivity index (χ1v) is 12.8. The SMILES string of the molecule is COCCN(Cc1nc(C(=O)N(CCN(C)C)Cc2ccccc2)cs1)C(=O)Nc1cccc(Cl)c1. The molecule has 0 aliphatic heterocycles. The molecule has 192 valence electrons. The molecule has 0 spiro atoms. The highest BCUT2D eigenvalue weighted by Gasteiger charge is 2.21. The molecule has 3 rings (SSSR count). The summed E-state index contributed by atoms with van der Waals surface area (Å²) in [6.07, 6.45) is 0. The molecule has 0 unspecified atom stereocenters. The fraction of sp³-hybridized carbons (Fsp3) is 0.346. The van der Waals surface area contributed by atoms with Crippen LogP contribution >= 0.6 is 22.9 Å². The van der Waals surface area contributed by atoms with E-state index in [0.717, 1.165) is 12.1 Å². The number of thiazole rings is 1. The number of hydrogen-bond acceptors (Lipinski definition) is 6. The van der Waals surface area contributed by atoms with Gasteiger partial charge in [0.05, 0.1) is 13.2 Å². The topological polar surface area (TPSA) is 78.0 Å². The van der Waals surface area contributed by atoms with Gasteiger partial charge in [0.25, 0.3) is 5.91 Å². The zero-order chi connectivity index (χ0) is 25.9. The Morgan fingerprint density at radius 2 is 1.78 bits per heavy atom. The van der Waals surface area contributed by atoms with Crippen molar-refractivity contribution in [3.63, 3.8) is 0 Å². The Morgan fingerprint density at radius 3 is 2.47 bits per heavy atom. The zero-order valence-corrected chi connectivity index (χ0v) is 22.4. The van der Waals surface area contributed by atoms with Crippen molar-refractivity contribution in [3.05, 3.63) is 81.3 Å². The van der Waals surface area contributed by atoms with Crippen molar-refractivity contribution in [1.82, 2.24) is 19.7 Å². The number of likely N-dealkylation sites (N-methyl/N-ethyl adjacent to an activating group) is 1. The van der Waals surface area contributed by atoms with Crippen LogP contribution in [0, 0.1) is 0 Å². The molecule has 10 heteroatoms. The monoisotopic (exact) mass is 529 g/mol. The summed E-state index contributed by atoms with van der Waals surface area (Å²) in [5.74, 6) is -0.130. The highest BCUT2D eigenvalue weighted by atomic mass is 35.5. The lowest BCUT2D eigenvalue weighted by Gasteiger charge is -2.24. The highest BCUT2D eigenvalue weighted by Crippen LogP contribution is 2.18. The first kappa shape index (κ1) is 27.6. The normalized spacial score (nSPS) is 10.9. The quantitative estimate of drug-likeness (QED) is 0.368.